The maximum atomic E-state index is 12.1. The van der Waals surface area contributed by atoms with E-state index in [4.69, 9.17) is 19.3 Å². The van der Waals surface area contributed by atoms with Crippen molar-refractivity contribution in [3.05, 3.63) is 29.8 Å². The minimum atomic E-state index is -1.04. The van der Waals surface area contributed by atoms with Gasteiger partial charge in [0.1, 0.15) is 11.9 Å². The lowest BCUT2D eigenvalue weighted by atomic mass is 10.2. The van der Waals surface area contributed by atoms with Crippen molar-refractivity contribution in [1.82, 2.24) is 4.90 Å². The molecule has 1 saturated heterocycles. The van der Waals surface area contributed by atoms with E-state index in [1.165, 1.54) is 12.0 Å². The number of esters is 1. The molecule has 0 spiro atoms. The second-order valence-corrected chi connectivity index (χ2v) is 5.04. The van der Waals surface area contributed by atoms with E-state index in [0.29, 0.717) is 17.7 Å². The predicted molar refractivity (Wildman–Crippen MR) is 77.2 cm³/mol. The van der Waals surface area contributed by atoms with Crippen LogP contribution in [-0.4, -0.2) is 61.6 Å². The summed E-state index contributed by atoms with van der Waals surface area (Å²) in [5.41, 5.74) is 0.401. The van der Waals surface area contributed by atoms with Gasteiger partial charge in [-0.25, -0.2) is 9.59 Å². The van der Waals surface area contributed by atoms with E-state index < -0.39 is 18.2 Å². The second-order valence-electron chi connectivity index (χ2n) is 5.04. The number of nitrogens with zero attached hydrogens (tertiary/aromatic N) is 1. The highest BCUT2D eigenvalue weighted by Crippen LogP contribution is 2.22. The van der Waals surface area contributed by atoms with Gasteiger partial charge >= 0.3 is 12.1 Å². The summed E-state index contributed by atoms with van der Waals surface area (Å²) >= 11 is 0. The van der Waals surface area contributed by atoms with Crippen LogP contribution in [0, 0.1) is 0 Å². The molecule has 0 aromatic heterocycles. The Morgan fingerprint density at radius 3 is 2.50 bits per heavy atom. The number of hydrogen-bond donors (Lipinski definition) is 1. The van der Waals surface area contributed by atoms with Gasteiger partial charge < -0.3 is 19.3 Å². The first kappa shape index (κ1) is 16.1. The maximum Gasteiger partial charge on any atom is 0.407 e. The Hall–Kier alpha value is -2.28. The molecule has 1 aromatic rings. The number of carboxylic acid groups (broad SMARTS) is 1. The van der Waals surface area contributed by atoms with Gasteiger partial charge in [-0.1, -0.05) is 0 Å². The maximum absolute atomic E-state index is 12.1. The highest BCUT2D eigenvalue weighted by atomic mass is 16.5. The van der Waals surface area contributed by atoms with Crippen LogP contribution in [0.25, 0.3) is 0 Å². The van der Waals surface area contributed by atoms with Crippen molar-refractivity contribution in [2.75, 3.05) is 27.4 Å². The van der Waals surface area contributed by atoms with E-state index in [1.54, 1.807) is 31.4 Å². The highest BCUT2D eigenvalue weighted by molar-refractivity contribution is 5.89. The number of ether oxygens (including phenoxy) is 3. The topological polar surface area (TPSA) is 85.3 Å². The Labute approximate surface area is 128 Å². The molecule has 0 unspecified atom stereocenters. The summed E-state index contributed by atoms with van der Waals surface area (Å²) in [6.07, 6.45) is -1.07. The van der Waals surface area contributed by atoms with E-state index in [-0.39, 0.29) is 19.2 Å². The molecule has 1 amide bonds. The lowest BCUT2D eigenvalue weighted by Crippen LogP contribution is -2.37. The fraction of sp³-hybridized carbons (Fsp3) is 0.467. The van der Waals surface area contributed by atoms with Crippen LogP contribution in [0.4, 0.5) is 4.79 Å². The van der Waals surface area contributed by atoms with Crippen molar-refractivity contribution < 1.29 is 28.9 Å². The van der Waals surface area contributed by atoms with Gasteiger partial charge in [-0.05, 0) is 24.3 Å². The monoisotopic (exact) mass is 309 g/mol. The van der Waals surface area contributed by atoms with E-state index in [9.17, 15) is 9.59 Å². The highest BCUT2D eigenvalue weighted by Gasteiger charge is 2.37. The smallest absolute Gasteiger partial charge is 0.407 e. The molecule has 1 N–H and O–H groups in total. The van der Waals surface area contributed by atoms with Crippen LogP contribution in [0.15, 0.2) is 24.3 Å². The van der Waals surface area contributed by atoms with Gasteiger partial charge in [-0.2, -0.15) is 0 Å². The molecule has 1 aliphatic heterocycles. The predicted octanol–water partition coefficient (Wildman–Crippen LogP) is 1.62. The zero-order valence-electron chi connectivity index (χ0n) is 12.5. The zero-order chi connectivity index (χ0) is 16.1. The number of rotatable bonds is 5. The van der Waals surface area contributed by atoms with Gasteiger partial charge in [0.05, 0.1) is 31.9 Å². The standard InChI is InChI=1S/C15H19NO6/c1-20-9-11-7-13(8-16(11)15(18)19)22-14(17)10-3-5-12(21-2)6-4-10/h3-6,11,13H,7-9H2,1-2H3,(H,18,19)/t11-,13+/m1/s1. The second kappa shape index (κ2) is 7.13. The van der Waals surface area contributed by atoms with Crippen LogP contribution in [0.1, 0.15) is 16.8 Å². The summed E-state index contributed by atoms with van der Waals surface area (Å²) in [5, 5.41) is 9.15. The van der Waals surface area contributed by atoms with Gasteiger partial charge in [0.2, 0.25) is 0 Å². The van der Waals surface area contributed by atoms with E-state index in [0.717, 1.165) is 0 Å². The van der Waals surface area contributed by atoms with Crippen molar-refractivity contribution >= 4 is 12.1 Å². The fourth-order valence-corrected chi connectivity index (χ4v) is 2.49. The molecule has 0 saturated carbocycles. The van der Waals surface area contributed by atoms with Crippen molar-refractivity contribution in [2.24, 2.45) is 0 Å². The van der Waals surface area contributed by atoms with Crippen LogP contribution in [-0.2, 0) is 9.47 Å². The number of carbonyl (C=O) groups excluding carboxylic acids is 1. The summed E-state index contributed by atoms with van der Waals surface area (Å²) in [7, 11) is 3.05. The van der Waals surface area contributed by atoms with Crippen molar-refractivity contribution in [3.63, 3.8) is 0 Å². The lowest BCUT2D eigenvalue weighted by molar-refractivity contribution is 0.0320. The molecule has 22 heavy (non-hydrogen) atoms. The molecule has 1 fully saturated rings. The van der Waals surface area contributed by atoms with Crippen LogP contribution < -0.4 is 4.74 Å². The van der Waals surface area contributed by atoms with Crippen molar-refractivity contribution in [2.45, 2.75) is 18.6 Å². The van der Waals surface area contributed by atoms with E-state index in [1.807, 2.05) is 0 Å². The molecule has 0 bridgehead atoms. The molecule has 2 atom stereocenters. The first-order chi connectivity index (χ1) is 10.5. The summed E-state index contributed by atoms with van der Waals surface area (Å²) in [5.74, 6) is 0.172. The lowest BCUT2D eigenvalue weighted by Gasteiger charge is -2.19. The molecule has 2 rings (SSSR count). The molecular weight excluding hydrogens is 290 g/mol. The van der Waals surface area contributed by atoms with Gasteiger partial charge in [0.15, 0.2) is 0 Å². The van der Waals surface area contributed by atoms with Gasteiger partial charge in [0.25, 0.3) is 0 Å². The number of methoxy groups -OCH3 is 2. The SMILES string of the molecule is COC[C@H]1C[C@H](OC(=O)c2ccc(OC)cc2)CN1C(=O)O. The first-order valence-corrected chi connectivity index (χ1v) is 6.88. The summed E-state index contributed by atoms with van der Waals surface area (Å²) in [6, 6.07) is 6.26. The van der Waals surface area contributed by atoms with Crippen LogP contribution in [0.5, 0.6) is 5.75 Å². The van der Waals surface area contributed by atoms with Crippen LogP contribution in [0.2, 0.25) is 0 Å². The van der Waals surface area contributed by atoms with Crippen molar-refractivity contribution in [3.8, 4) is 5.75 Å². The molecule has 7 nitrogen and oxygen atoms in total. The third-order valence-corrected chi connectivity index (χ3v) is 3.58. The summed E-state index contributed by atoms with van der Waals surface area (Å²) < 4.78 is 15.4. The largest absolute Gasteiger partial charge is 0.497 e. The molecule has 0 aliphatic carbocycles. The van der Waals surface area contributed by atoms with Gasteiger partial charge in [0, 0.05) is 13.5 Å². The number of amides is 1. The number of hydrogen-bond acceptors (Lipinski definition) is 5. The number of benzene rings is 1. The first-order valence-electron chi connectivity index (χ1n) is 6.88. The minimum absolute atomic E-state index is 0.158. The molecule has 1 aliphatic rings. The van der Waals surface area contributed by atoms with Gasteiger partial charge in [-0.3, -0.25) is 4.90 Å². The Bertz CT molecular complexity index is 529. The Balaban J connectivity index is 1.98. The third kappa shape index (κ3) is 3.67. The molecule has 1 heterocycles. The number of likely N-dealkylation sites (tertiary alicyclic amines) is 1. The van der Waals surface area contributed by atoms with E-state index in [2.05, 4.69) is 0 Å². The molecule has 0 radical (unpaired) electrons. The number of carbonyl (C=O) groups is 2. The summed E-state index contributed by atoms with van der Waals surface area (Å²) in [4.78, 5) is 24.5. The van der Waals surface area contributed by atoms with Crippen molar-refractivity contribution in [1.29, 1.82) is 0 Å². The molecule has 120 valence electrons. The average molecular weight is 309 g/mol. The minimum Gasteiger partial charge on any atom is -0.497 e. The van der Waals surface area contributed by atoms with Crippen LogP contribution in [0.3, 0.4) is 0 Å². The fourth-order valence-electron chi connectivity index (χ4n) is 2.49. The summed E-state index contributed by atoms with van der Waals surface area (Å²) in [6.45, 7) is 0.439. The van der Waals surface area contributed by atoms with Crippen LogP contribution >= 0.6 is 0 Å². The Morgan fingerprint density at radius 2 is 1.95 bits per heavy atom. The Morgan fingerprint density at radius 1 is 1.27 bits per heavy atom. The Kier molecular flexibility index (Phi) is 5.21. The quantitative estimate of drug-likeness (QED) is 0.832. The molecule has 1 aromatic carbocycles. The van der Waals surface area contributed by atoms with E-state index >= 15 is 0 Å². The molecule has 7 heteroatoms. The normalized spacial score (nSPS) is 20.7. The van der Waals surface area contributed by atoms with Gasteiger partial charge in [-0.15, -0.1) is 0 Å². The average Bonchev–Trinajstić information content (AvgIpc) is 2.90. The zero-order valence-corrected chi connectivity index (χ0v) is 12.5. The third-order valence-electron chi connectivity index (χ3n) is 3.58. The molecular formula is C15H19NO6.